The van der Waals surface area contributed by atoms with E-state index in [1.54, 1.807) is 0 Å². The lowest BCUT2D eigenvalue weighted by Crippen LogP contribution is -2.49. The summed E-state index contributed by atoms with van der Waals surface area (Å²) in [5.41, 5.74) is 2.57. The average molecular weight is 290 g/mol. The molecule has 0 amide bonds. The quantitative estimate of drug-likeness (QED) is 0.844. The van der Waals surface area contributed by atoms with Crippen LogP contribution in [-0.4, -0.2) is 41.7 Å². The molecule has 1 aromatic rings. The van der Waals surface area contributed by atoms with Gasteiger partial charge in [0.2, 0.25) is 0 Å². The van der Waals surface area contributed by atoms with Crippen LogP contribution in [0.3, 0.4) is 0 Å². The Balaban J connectivity index is 1.96. The minimum Gasteiger partial charge on any atom is -0.480 e. The van der Waals surface area contributed by atoms with E-state index in [1.807, 2.05) is 6.92 Å². The van der Waals surface area contributed by atoms with Crippen LogP contribution >= 0.6 is 0 Å². The number of carbonyl (C=O) groups is 1. The molecule has 4 nitrogen and oxygen atoms in total. The Bertz CT molecular complexity index is 458. The van der Waals surface area contributed by atoms with Crippen LogP contribution < -0.4 is 5.32 Å². The van der Waals surface area contributed by atoms with Crippen LogP contribution in [0.5, 0.6) is 0 Å². The van der Waals surface area contributed by atoms with E-state index in [0.717, 1.165) is 32.5 Å². The average Bonchev–Trinajstić information content (AvgIpc) is 2.47. The molecule has 0 aromatic heterocycles. The van der Waals surface area contributed by atoms with Crippen molar-refractivity contribution >= 4 is 5.97 Å². The van der Waals surface area contributed by atoms with Gasteiger partial charge >= 0.3 is 5.97 Å². The largest absolute Gasteiger partial charge is 0.480 e. The Morgan fingerprint density at radius 3 is 2.76 bits per heavy atom. The number of rotatable bonds is 6. The summed E-state index contributed by atoms with van der Waals surface area (Å²) >= 11 is 0. The van der Waals surface area contributed by atoms with Crippen LogP contribution in [0, 0.1) is 12.8 Å². The number of hydrogen-bond acceptors (Lipinski definition) is 3. The first-order valence-electron chi connectivity index (χ1n) is 7.84. The second kappa shape index (κ2) is 7.57. The Kier molecular flexibility index (Phi) is 5.76. The second-order valence-electron chi connectivity index (χ2n) is 6.00. The zero-order chi connectivity index (χ0) is 15.2. The summed E-state index contributed by atoms with van der Waals surface area (Å²) in [4.78, 5) is 13.8. The van der Waals surface area contributed by atoms with E-state index in [9.17, 15) is 9.90 Å². The number of likely N-dealkylation sites (tertiary alicyclic amines) is 1. The molecule has 1 aliphatic heterocycles. The molecule has 116 valence electrons. The van der Waals surface area contributed by atoms with Gasteiger partial charge in [-0.15, -0.1) is 0 Å². The first kappa shape index (κ1) is 16.0. The maximum atomic E-state index is 11.4. The topological polar surface area (TPSA) is 52.6 Å². The molecule has 2 atom stereocenters. The Morgan fingerprint density at radius 1 is 1.43 bits per heavy atom. The van der Waals surface area contributed by atoms with Gasteiger partial charge in [-0.05, 0) is 44.3 Å². The van der Waals surface area contributed by atoms with Crippen molar-refractivity contribution in [3.05, 3.63) is 35.4 Å². The number of benzene rings is 1. The van der Waals surface area contributed by atoms with Gasteiger partial charge in [0.15, 0.2) is 0 Å². The van der Waals surface area contributed by atoms with Crippen LogP contribution in [0.1, 0.15) is 30.9 Å². The molecule has 0 saturated carbocycles. The molecule has 0 radical (unpaired) electrons. The van der Waals surface area contributed by atoms with Gasteiger partial charge in [0.05, 0.1) is 0 Å². The Morgan fingerprint density at radius 2 is 2.14 bits per heavy atom. The number of nitrogens with zero attached hydrogens (tertiary/aromatic N) is 1. The molecule has 2 unspecified atom stereocenters. The van der Waals surface area contributed by atoms with Crippen LogP contribution in [0.15, 0.2) is 24.3 Å². The van der Waals surface area contributed by atoms with Crippen LogP contribution in [0.4, 0.5) is 0 Å². The monoisotopic (exact) mass is 290 g/mol. The lowest BCUT2D eigenvalue weighted by Gasteiger charge is -2.35. The maximum absolute atomic E-state index is 11.4. The molecule has 2 rings (SSSR count). The summed E-state index contributed by atoms with van der Waals surface area (Å²) in [6, 6.07) is 8.18. The first-order chi connectivity index (χ1) is 10.1. The number of piperidine rings is 1. The maximum Gasteiger partial charge on any atom is 0.321 e. The van der Waals surface area contributed by atoms with Gasteiger partial charge in [-0.25, -0.2) is 0 Å². The fraction of sp³-hybridized carbons (Fsp3) is 0.588. The number of carboxylic acid groups (broad SMARTS) is 1. The lowest BCUT2D eigenvalue weighted by atomic mass is 9.90. The van der Waals surface area contributed by atoms with Crippen molar-refractivity contribution in [3.63, 3.8) is 0 Å². The predicted molar refractivity (Wildman–Crippen MR) is 84.3 cm³/mol. The number of likely N-dealkylation sites (N-methyl/N-ethyl adjacent to an activating group) is 1. The van der Waals surface area contributed by atoms with Crippen molar-refractivity contribution in [2.24, 2.45) is 5.92 Å². The molecule has 1 aromatic carbocycles. The van der Waals surface area contributed by atoms with Crippen molar-refractivity contribution in [2.45, 2.75) is 39.3 Å². The molecule has 0 bridgehead atoms. The highest BCUT2D eigenvalue weighted by atomic mass is 16.4. The molecule has 21 heavy (non-hydrogen) atoms. The van der Waals surface area contributed by atoms with Crippen molar-refractivity contribution in [3.8, 4) is 0 Å². The summed E-state index contributed by atoms with van der Waals surface area (Å²) in [7, 11) is 0. The third-order valence-corrected chi connectivity index (χ3v) is 4.23. The van der Waals surface area contributed by atoms with E-state index in [1.165, 1.54) is 11.1 Å². The smallest absolute Gasteiger partial charge is 0.321 e. The zero-order valence-electron chi connectivity index (χ0n) is 13.0. The van der Waals surface area contributed by atoms with Gasteiger partial charge < -0.3 is 10.4 Å². The number of hydrogen-bond donors (Lipinski definition) is 2. The fourth-order valence-electron chi connectivity index (χ4n) is 3.13. The zero-order valence-corrected chi connectivity index (χ0v) is 13.0. The number of aryl methyl sites for hydroxylation is 1. The molecule has 0 spiro atoms. The van der Waals surface area contributed by atoms with Crippen molar-refractivity contribution in [1.29, 1.82) is 0 Å². The van der Waals surface area contributed by atoms with Crippen LogP contribution in [0.2, 0.25) is 0 Å². The Labute approximate surface area is 127 Å². The van der Waals surface area contributed by atoms with E-state index in [2.05, 4.69) is 41.4 Å². The van der Waals surface area contributed by atoms with E-state index < -0.39 is 12.0 Å². The van der Waals surface area contributed by atoms with E-state index in [-0.39, 0.29) is 5.92 Å². The summed E-state index contributed by atoms with van der Waals surface area (Å²) in [6.45, 7) is 7.58. The Hall–Kier alpha value is -1.39. The van der Waals surface area contributed by atoms with E-state index >= 15 is 0 Å². The third kappa shape index (κ3) is 4.55. The molecule has 1 fully saturated rings. The van der Waals surface area contributed by atoms with Crippen molar-refractivity contribution in [1.82, 2.24) is 10.2 Å². The summed E-state index contributed by atoms with van der Waals surface area (Å²) in [5, 5.41) is 12.5. The van der Waals surface area contributed by atoms with Gasteiger partial charge in [0.25, 0.3) is 0 Å². The highest BCUT2D eigenvalue weighted by Crippen LogP contribution is 2.22. The van der Waals surface area contributed by atoms with Crippen LogP contribution in [-0.2, 0) is 11.3 Å². The van der Waals surface area contributed by atoms with Gasteiger partial charge in [-0.2, -0.15) is 0 Å². The normalized spacial score (nSPS) is 21.1. The van der Waals surface area contributed by atoms with Crippen molar-refractivity contribution in [2.75, 3.05) is 19.6 Å². The lowest BCUT2D eigenvalue weighted by molar-refractivity contribution is -0.141. The minimum absolute atomic E-state index is 0.196. The van der Waals surface area contributed by atoms with E-state index in [4.69, 9.17) is 0 Å². The molecule has 4 heteroatoms. The highest BCUT2D eigenvalue weighted by molar-refractivity contribution is 5.73. The summed E-state index contributed by atoms with van der Waals surface area (Å²) in [5.74, 6) is -0.527. The standard InChI is InChI=1S/C17H26N2O2/c1-3-18-16(17(20)21)15-5-4-10-19(12-15)11-14-8-6-13(2)7-9-14/h6-9,15-16,18H,3-5,10-12H2,1-2H3,(H,20,21). The first-order valence-corrected chi connectivity index (χ1v) is 7.84. The van der Waals surface area contributed by atoms with Crippen molar-refractivity contribution < 1.29 is 9.90 Å². The fourth-order valence-corrected chi connectivity index (χ4v) is 3.13. The molecule has 1 heterocycles. The molecule has 1 aliphatic rings. The summed E-state index contributed by atoms with van der Waals surface area (Å²) < 4.78 is 0. The van der Waals surface area contributed by atoms with E-state index in [0.29, 0.717) is 6.54 Å². The van der Waals surface area contributed by atoms with Crippen LogP contribution in [0.25, 0.3) is 0 Å². The minimum atomic E-state index is -0.723. The second-order valence-corrected chi connectivity index (χ2v) is 6.00. The van der Waals surface area contributed by atoms with Gasteiger partial charge in [-0.1, -0.05) is 36.8 Å². The highest BCUT2D eigenvalue weighted by Gasteiger charge is 2.31. The molecule has 0 aliphatic carbocycles. The number of nitrogens with one attached hydrogen (secondary N) is 1. The third-order valence-electron chi connectivity index (χ3n) is 4.23. The molecular weight excluding hydrogens is 264 g/mol. The number of aliphatic carboxylic acids is 1. The predicted octanol–water partition coefficient (Wildman–Crippen LogP) is 2.27. The van der Waals surface area contributed by atoms with Gasteiger partial charge in [0, 0.05) is 13.1 Å². The van der Waals surface area contributed by atoms with Gasteiger partial charge in [0.1, 0.15) is 6.04 Å². The number of carboxylic acids is 1. The SMILES string of the molecule is CCNC(C(=O)O)C1CCCN(Cc2ccc(C)cc2)C1. The molecule has 2 N–H and O–H groups in total. The molecular formula is C17H26N2O2. The van der Waals surface area contributed by atoms with Gasteiger partial charge in [-0.3, -0.25) is 9.69 Å². The summed E-state index contributed by atoms with van der Waals surface area (Å²) in [6.07, 6.45) is 2.07. The molecule has 1 saturated heterocycles.